The lowest BCUT2D eigenvalue weighted by Gasteiger charge is -2.24. The summed E-state index contributed by atoms with van der Waals surface area (Å²) in [7, 11) is 3.18. The van der Waals surface area contributed by atoms with E-state index in [1.807, 2.05) is 24.3 Å². The fourth-order valence-electron chi connectivity index (χ4n) is 4.39. The molecule has 1 N–H and O–H groups in total. The molecule has 1 heterocycles. The van der Waals surface area contributed by atoms with Crippen molar-refractivity contribution in [2.45, 2.75) is 25.8 Å². The fraction of sp³-hybridized carbons (Fsp3) is 0.267. The van der Waals surface area contributed by atoms with Crippen molar-refractivity contribution in [2.75, 3.05) is 37.6 Å². The third kappa shape index (κ3) is 6.58. The van der Waals surface area contributed by atoms with Gasteiger partial charge in [0.1, 0.15) is 17.5 Å². The summed E-state index contributed by atoms with van der Waals surface area (Å²) >= 11 is 5.76. The minimum Gasteiger partial charge on any atom is -0.497 e. The number of carbonyl (C=O) groups excluding carboxylic acids is 3. The number of esters is 1. The molecule has 9 nitrogen and oxygen atoms in total. The molecule has 0 radical (unpaired) electrons. The largest absolute Gasteiger partial charge is 0.497 e. The zero-order chi connectivity index (χ0) is 28.6. The molecule has 1 atom stereocenters. The monoisotopic (exact) mass is 561 g/mol. The van der Waals surface area contributed by atoms with Crippen molar-refractivity contribution in [3.05, 3.63) is 83.9 Å². The van der Waals surface area contributed by atoms with Gasteiger partial charge in [0.2, 0.25) is 5.91 Å². The molecule has 0 unspecified atom stereocenters. The minimum absolute atomic E-state index is 0.103. The van der Waals surface area contributed by atoms with Gasteiger partial charge in [0.15, 0.2) is 5.11 Å². The molecule has 0 aromatic heterocycles. The molecule has 0 aliphatic carbocycles. The first-order valence-corrected chi connectivity index (χ1v) is 13.2. The summed E-state index contributed by atoms with van der Waals surface area (Å²) < 4.78 is 15.5. The number of hydrogen-bond donors (Lipinski definition) is 1. The zero-order valence-electron chi connectivity index (χ0n) is 22.6. The van der Waals surface area contributed by atoms with E-state index in [0.717, 1.165) is 11.3 Å². The van der Waals surface area contributed by atoms with Gasteiger partial charge in [0.25, 0.3) is 5.91 Å². The van der Waals surface area contributed by atoms with E-state index in [1.165, 1.54) is 4.90 Å². The molecule has 1 aliphatic heterocycles. The Morgan fingerprint density at radius 2 is 1.50 bits per heavy atom. The van der Waals surface area contributed by atoms with Crippen molar-refractivity contribution in [2.24, 2.45) is 0 Å². The fourth-order valence-corrected chi connectivity index (χ4v) is 4.80. The van der Waals surface area contributed by atoms with Gasteiger partial charge in [-0.05, 0) is 91.8 Å². The van der Waals surface area contributed by atoms with Gasteiger partial charge in [-0.3, -0.25) is 14.5 Å². The van der Waals surface area contributed by atoms with Crippen LogP contribution in [-0.2, 0) is 20.7 Å². The van der Waals surface area contributed by atoms with E-state index in [-0.39, 0.29) is 24.8 Å². The lowest BCUT2D eigenvalue weighted by Crippen LogP contribution is -2.39. The maximum atomic E-state index is 13.7. The molecular formula is C30H31N3O6S. The van der Waals surface area contributed by atoms with Crippen LogP contribution in [0.3, 0.4) is 0 Å². The van der Waals surface area contributed by atoms with E-state index in [0.29, 0.717) is 40.8 Å². The highest BCUT2D eigenvalue weighted by Crippen LogP contribution is 2.29. The maximum absolute atomic E-state index is 13.7. The van der Waals surface area contributed by atoms with Crippen LogP contribution < -0.4 is 19.7 Å². The lowest BCUT2D eigenvalue weighted by atomic mass is 10.1. The topological polar surface area (TPSA) is 97.4 Å². The van der Waals surface area contributed by atoms with Crippen LogP contribution in [-0.4, -0.2) is 61.2 Å². The third-order valence-corrected chi connectivity index (χ3v) is 6.93. The maximum Gasteiger partial charge on any atom is 0.338 e. The smallest absolute Gasteiger partial charge is 0.338 e. The van der Waals surface area contributed by atoms with Crippen LogP contribution >= 0.6 is 12.2 Å². The van der Waals surface area contributed by atoms with Crippen LogP contribution in [0, 0.1) is 0 Å². The van der Waals surface area contributed by atoms with Gasteiger partial charge in [-0.15, -0.1) is 0 Å². The molecule has 1 fully saturated rings. The van der Waals surface area contributed by atoms with Gasteiger partial charge in [-0.1, -0.05) is 12.1 Å². The molecule has 0 spiro atoms. The van der Waals surface area contributed by atoms with Crippen LogP contribution in [0.1, 0.15) is 29.3 Å². The normalized spacial score (nSPS) is 14.7. The van der Waals surface area contributed by atoms with Crippen LogP contribution in [0.4, 0.5) is 11.4 Å². The van der Waals surface area contributed by atoms with E-state index in [9.17, 15) is 14.4 Å². The minimum atomic E-state index is -0.786. The molecule has 10 heteroatoms. The van der Waals surface area contributed by atoms with Crippen molar-refractivity contribution in [1.82, 2.24) is 4.90 Å². The lowest BCUT2D eigenvalue weighted by molar-refractivity contribution is -0.124. The second kappa shape index (κ2) is 13.1. The predicted octanol–water partition coefficient (Wildman–Crippen LogP) is 4.45. The number of carbonyl (C=O) groups is 3. The van der Waals surface area contributed by atoms with E-state index in [2.05, 4.69) is 5.32 Å². The van der Waals surface area contributed by atoms with Gasteiger partial charge < -0.3 is 24.4 Å². The Hall–Kier alpha value is -4.44. The van der Waals surface area contributed by atoms with Crippen LogP contribution in [0.2, 0.25) is 0 Å². The standard InChI is InChI=1S/C30H31N3O6S/c1-4-39-29(36)21-7-9-22(10-8-21)31-27(34)19-26-28(35)33(23-11-15-25(38-3)16-12-23)30(40)32(26)18-17-20-5-13-24(37-2)14-6-20/h5-16,26H,4,17-19H2,1-3H3,(H,31,34)/t26-/m1/s1. The van der Waals surface area contributed by atoms with Crippen molar-refractivity contribution < 1.29 is 28.6 Å². The van der Waals surface area contributed by atoms with Gasteiger partial charge in [-0.2, -0.15) is 0 Å². The Bertz CT molecular complexity index is 1360. The quantitative estimate of drug-likeness (QED) is 0.271. The number of nitrogens with zero attached hydrogens (tertiary/aromatic N) is 2. The summed E-state index contributed by atoms with van der Waals surface area (Å²) in [6.45, 7) is 2.45. The van der Waals surface area contributed by atoms with E-state index in [4.69, 9.17) is 26.4 Å². The Balaban J connectivity index is 1.51. The number of thiocarbonyl (C=S) groups is 1. The molecule has 0 bridgehead atoms. The summed E-state index contributed by atoms with van der Waals surface area (Å²) in [5.41, 5.74) is 2.53. The predicted molar refractivity (Wildman–Crippen MR) is 156 cm³/mol. The molecule has 0 saturated carbocycles. The number of benzene rings is 3. The molecule has 4 rings (SSSR count). The van der Waals surface area contributed by atoms with Crippen molar-refractivity contribution >= 4 is 46.5 Å². The van der Waals surface area contributed by atoms with E-state index >= 15 is 0 Å². The molecule has 40 heavy (non-hydrogen) atoms. The van der Waals surface area contributed by atoms with Gasteiger partial charge in [0.05, 0.1) is 38.5 Å². The first kappa shape index (κ1) is 28.6. The first-order chi connectivity index (χ1) is 19.3. The highest BCUT2D eigenvalue weighted by Gasteiger charge is 2.43. The summed E-state index contributed by atoms with van der Waals surface area (Å²) in [6.07, 6.45) is 0.509. The number of amides is 2. The Morgan fingerprint density at radius 1 is 0.900 bits per heavy atom. The highest BCUT2D eigenvalue weighted by atomic mass is 32.1. The molecular weight excluding hydrogens is 530 g/mol. The zero-order valence-corrected chi connectivity index (χ0v) is 23.4. The van der Waals surface area contributed by atoms with E-state index in [1.54, 1.807) is 74.6 Å². The second-order valence-electron chi connectivity index (χ2n) is 9.01. The van der Waals surface area contributed by atoms with Crippen molar-refractivity contribution in [3.63, 3.8) is 0 Å². The Labute approximate surface area is 238 Å². The summed E-state index contributed by atoms with van der Waals surface area (Å²) in [4.78, 5) is 41.9. The first-order valence-electron chi connectivity index (χ1n) is 12.8. The molecule has 208 valence electrons. The Morgan fingerprint density at radius 3 is 2.08 bits per heavy atom. The average Bonchev–Trinajstić information content (AvgIpc) is 3.20. The number of nitrogens with one attached hydrogen (secondary N) is 1. The summed E-state index contributed by atoms with van der Waals surface area (Å²) in [5.74, 6) is 0.346. The number of methoxy groups -OCH3 is 2. The summed E-state index contributed by atoms with van der Waals surface area (Å²) in [6, 6.07) is 20.3. The number of anilines is 2. The van der Waals surface area contributed by atoms with Crippen molar-refractivity contribution in [1.29, 1.82) is 0 Å². The molecule has 3 aromatic rings. The van der Waals surface area contributed by atoms with Crippen LogP contribution in [0.5, 0.6) is 11.5 Å². The molecule has 1 saturated heterocycles. The average molecular weight is 562 g/mol. The second-order valence-corrected chi connectivity index (χ2v) is 9.38. The van der Waals surface area contributed by atoms with Gasteiger partial charge in [0, 0.05) is 12.2 Å². The van der Waals surface area contributed by atoms with E-state index < -0.39 is 12.0 Å². The molecule has 2 amide bonds. The summed E-state index contributed by atoms with van der Waals surface area (Å²) in [5, 5.41) is 3.15. The number of rotatable bonds is 11. The van der Waals surface area contributed by atoms with Gasteiger partial charge >= 0.3 is 5.97 Å². The van der Waals surface area contributed by atoms with Crippen LogP contribution in [0.15, 0.2) is 72.8 Å². The van der Waals surface area contributed by atoms with Crippen LogP contribution in [0.25, 0.3) is 0 Å². The molecule has 3 aromatic carbocycles. The highest BCUT2D eigenvalue weighted by molar-refractivity contribution is 7.80. The SMILES string of the molecule is CCOC(=O)c1ccc(NC(=O)C[C@@H]2C(=O)N(c3ccc(OC)cc3)C(=S)N2CCc2ccc(OC)cc2)cc1. The third-order valence-electron chi connectivity index (χ3n) is 6.51. The molecule has 1 aliphatic rings. The Kier molecular flexibility index (Phi) is 9.34. The van der Waals surface area contributed by atoms with Crippen molar-refractivity contribution in [3.8, 4) is 11.5 Å². The number of hydrogen-bond acceptors (Lipinski definition) is 7. The number of ether oxygens (including phenoxy) is 3. The van der Waals surface area contributed by atoms with Gasteiger partial charge in [-0.25, -0.2) is 4.79 Å².